The second kappa shape index (κ2) is 2.86. The first-order valence-corrected chi connectivity index (χ1v) is 4.37. The summed E-state index contributed by atoms with van der Waals surface area (Å²) >= 11 is 0. The molecule has 0 aromatic carbocycles. The molecule has 1 fully saturated rings. The van der Waals surface area contributed by atoms with Crippen molar-refractivity contribution in [3.63, 3.8) is 0 Å². The highest BCUT2D eigenvalue weighted by Gasteiger charge is 2.26. The van der Waals surface area contributed by atoms with Gasteiger partial charge in [0.2, 0.25) is 0 Å². The van der Waals surface area contributed by atoms with Gasteiger partial charge in [0.15, 0.2) is 0 Å². The first kappa shape index (κ1) is 7.73. The standard InChI is InChI=1S/C8H14N4/c1-12-5-10-11-8(12)6-2-3-7(9)4-6/h5-7H,2-4,9H2,1H3/t6-,7+/m1/s1. The van der Waals surface area contributed by atoms with Crippen LogP contribution in [-0.4, -0.2) is 20.8 Å². The lowest BCUT2D eigenvalue weighted by molar-refractivity contribution is 0.614. The summed E-state index contributed by atoms with van der Waals surface area (Å²) in [5.41, 5.74) is 5.82. The van der Waals surface area contributed by atoms with Gasteiger partial charge in [-0.15, -0.1) is 10.2 Å². The zero-order valence-electron chi connectivity index (χ0n) is 7.27. The minimum Gasteiger partial charge on any atom is -0.328 e. The minimum atomic E-state index is 0.367. The van der Waals surface area contributed by atoms with Gasteiger partial charge < -0.3 is 10.3 Å². The van der Waals surface area contributed by atoms with E-state index in [0.717, 1.165) is 25.1 Å². The van der Waals surface area contributed by atoms with E-state index in [0.29, 0.717) is 12.0 Å². The lowest BCUT2D eigenvalue weighted by Crippen LogP contribution is -2.15. The molecule has 1 aliphatic carbocycles. The van der Waals surface area contributed by atoms with E-state index in [9.17, 15) is 0 Å². The molecule has 4 nitrogen and oxygen atoms in total. The fourth-order valence-corrected chi connectivity index (χ4v) is 1.91. The van der Waals surface area contributed by atoms with Gasteiger partial charge in [-0.25, -0.2) is 0 Å². The molecule has 0 saturated heterocycles. The zero-order valence-corrected chi connectivity index (χ0v) is 7.27. The van der Waals surface area contributed by atoms with E-state index < -0.39 is 0 Å². The van der Waals surface area contributed by atoms with E-state index in [1.54, 1.807) is 6.33 Å². The first-order valence-electron chi connectivity index (χ1n) is 4.37. The maximum Gasteiger partial charge on any atom is 0.135 e. The lowest BCUT2D eigenvalue weighted by atomic mass is 10.1. The summed E-state index contributed by atoms with van der Waals surface area (Å²) in [7, 11) is 1.99. The molecule has 0 aliphatic heterocycles. The normalized spacial score (nSPS) is 29.5. The monoisotopic (exact) mass is 166 g/mol. The molecule has 1 aromatic rings. The van der Waals surface area contributed by atoms with Gasteiger partial charge in [-0.1, -0.05) is 0 Å². The molecule has 0 bridgehead atoms. The van der Waals surface area contributed by atoms with Crippen molar-refractivity contribution in [3.8, 4) is 0 Å². The summed E-state index contributed by atoms with van der Waals surface area (Å²) in [6.07, 6.45) is 5.09. The van der Waals surface area contributed by atoms with Crippen LogP contribution in [-0.2, 0) is 7.05 Å². The molecule has 0 spiro atoms. The quantitative estimate of drug-likeness (QED) is 0.657. The van der Waals surface area contributed by atoms with Gasteiger partial charge in [-0.3, -0.25) is 0 Å². The van der Waals surface area contributed by atoms with Gasteiger partial charge in [0.1, 0.15) is 12.2 Å². The van der Waals surface area contributed by atoms with Crippen molar-refractivity contribution in [1.29, 1.82) is 0 Å². The second-order valence-electron chi connectivity index (χ2n) is 3.57. The molecular weight excluding hydrogens is 152 g/mol. The van der Waals surface area contributed by atoms with E-state index in [1.807, 2.05) is 11.6 Å². The third-order valence-corrected chi connectivity index (χ3v) is 2.58. The van der Waals surface area contributed by atoms with E-state index in [4.69, 9.17) is 5.73 Å². The molecule has 2 atom stereocenters. The Bertz CT molecular complexity index is 268. The van der Waals surface area contributed by atoms with Crippen molar-refractivity contribution in [2.24, 2.45) is 12.8 Å². The van der Waals surface area contributed by atoms with Gasteiger partial charge in [0, 0.05) is 19.0 Å². The van der Waals surface area contributed by atoms with Crippen LogP contribution in [0.4, 0.5) is 0 Å². The van der Waals surface area contributed by atoms with Crippen molar-refractivity contribution in [3.05, 3.63) is 12.2 Å². The molecule has 66 valence electrons. The SMILES string of the molecule is Cn1cnnc1[C@@H]1CC[C@H](N)C1. The van der Waals surface area contributed by atoms with E-state index in [1.165, 1.54) is 0 Å². The highest BCUT2D eigenvalue weighted by Crippen LogP contribution is 2.31. The largest absolute Gasteiger partial charge is 0.328 e. The van der Waals surface area contributed by atoms with E-state index in [2.05, 4.69) is 10.2 Å². The summed E-state index contributed by atoms with van der Waals surface area (Å²) in [6.45, 7) is 0. The van der Waals surface area contributed by atoms with Crippen LogP contribution in [0.15, 0.2) is 6.33 Å². The van der Waals surface area contributed by atoms with E-state index in [-0.39, 0.29) is 0 Å². The Labute approximate surface area is 71.8 Å². The van der Waals surface area contributed by atoms with Gasteiger partial charge >= 0.3 is 0 Å². The van der Waals surface area contributed by atoms with Gasteiger partial charge in [-0.05, 0) is 19.3 Å². The maximum atomic E-state index is 5.82. The van der Waals surface area contributed by atoms with Crippen molar-refractivity contribution in [2.45, 2.75) is 31.2 Å². The number of nitrogens with two attached hydrogens (primary N) is 1. The summed E-state index contributed by atoms with van der Waals surface area (Å²) in [6, 6.07) is 0.367. The molecular formula is C8H14N4. The predicted octanol–water partition coefficient (Wildman–Crippen LogP) is 0.410. The first-order chi connectivity index (χ1) is 5.77. The number of hydrogen-bond acceptors (Lipinski definition) is 3. The predicted molar refractivity (Wildman–Crippen MR) is 45.6 cm³/mol. The molecule has 0 amide bonds. The average Bonchev–Trinajstić information content (AvgIpc) is 2.58. The maximum absolute atomic E-state index is 5.82. The second-order valence-corrected chi connectivity index (χ2v) is 3.57. The van der Waals surface area contributed by atoms with Crippen molar-refractivity contribution < 1.29 is 0 Å². The van der Waals surface area contributed by atoms with Crippen LogP contribution in [0.5, 0.6) is 0 Å². The molecule has 1 aromatic heterocycles. The topological polar surface area (TPSA) is 56.7 Å². The molecule has 0 unspecified atom stereocenters. The lowest BCUT2D eigenvalue weighted by Gasteiger charge is -2.07. The average molecular weight is 166 g/mol. The van der Waals surface area contributed by atoms with Gasteiger partial charge in [-0.2, -0.15) is 0 Å². The third kappa shape index (κ3) is 1.22. The Morgan fingerprint density at radius 1 is 1.58 bits per heavy atom. The van der Waals surface area contributed by atoms with E-state index >= 15 is 0 Å². The Hall–Kier alpha value is -0.900. The molecule has 4 heteroatoms. The molecule has 2 N–H and O–H groups in total. The minimum absolute atomic E-state index is 0.367. The van der Waals surface area contributed by atoms with Crippen LogP contribution in [0.2, 0.25) is 0 Å². The number of hydrogen-bond donors (Lipinski definition) is 1. The number of aromatic nitrogens is 3. The molecule has 12 heavy (non-hydrogen) atoms. The highest BCUT2D eigenvalue weighted by atomic mass is 15.2. The van der Waals surface area contributed by atoms with Crippen molar-refractivity contribution in [1.82, 2.24) is 14.8 Å². The highest BCUT2D eigenvalue weighted by molar-refractivity contribution is 5.00. The zero-order chi connectivity index (χ0) is 8.55. The molecule has 1 aliphatic rings. The number of nitrogens with zero attached hydrogens (tertiary/aromatic N) is 3. The van der Waals surface area contributed by atoms with Crippen molar-refractivity contribution in [2.75, 3.05) is 0 Å². The fourth-order valence-electron chi connectivity index (χ4n) is 1.91. The number of rotatable bonds is 1. The van der Waals surface area contributed by atoms with Crippen LogP contribution in [0, 0.1) is 0 Å². The molecule has 2 rings (SSSR count). The van der Waals surface area contributed by atoms with Gasteiger partial charge in [0.05, 0.1) is 0 Å². The van der Waals surface area contributed by atoms with Gasteiger partial charge in [0.25, 0.3) is 0 Å². The molecule has 0 radical (unpaired) electrons. The summed E-state index contributed by atoms with van der Waals surface area (Å²) in [5, 5.41) is 7.95. The summed E-state index contributed by atoms with van der Waals surface area (Å²) in [5.74, 6) is 1.62. The fraction of sp³-hybridized carbons (Fsp3) is 0.750. The van der Waals surface area contributed by atoms with Crippen LogP contribution in [0.25, 0.3) is 0 Å². The van der Waals surface area contributed by atoms with Crippen LogP contribution in [0.3, 0.4) is 0 Å². The molecule has 1 saturated carbocycles. The van der Waals surface area contributed by atoms with Crippen LogP contribution >= 0.6 is 0 Å². The van der Waals surface area contributed by atoms with Crippen LogP contribution in [0.1, 0.15) is 31.0 Å². The smallest absolute Gasteiger partial charge is 0.135 e. The molecule has 1 heterocycles. The summed E-state index contributed by atoms with van der Waals surface area (Å²) < 4.78 is 1.99. The Morgan fingerprint density at radius 3 is 2.92 bits per heavy atom. The Balaban J connectivity index is 2.16. The Kier molecular flexibility index (Phi) is 1.84. The Morgan fingerprint density at radius 2 is 2.42 bits per heavy atom. The third-order valence-electron chi connectivity index (χ3n) is 2.58. The van der Waals surface area contributed by atoms with Crippen LogP contribution < -0.4 is 5.73 Å². The van der Waals surface area contributed by atoms with Crippen molar-refractivity contribution >= 4 is 0 Å². The number of aryl methyl sites for hydroxylation is 1. The summed E-state index contributed by atoms with van der Waals surface area (Å²) in [4.78, 5) is 0.